The predicted octanol–water partition coefficient (Wildman–Crippen LogP) is -0.909. The van der Waals surface area contributed by atoms with Gasteiger partial charge >= 0.3 is 0 Å². The quantitative estimate of drug-likeness (QED) is 0.621. The molecule has 2 rings (SSSR count). The summed E-state index contributed by atoms with van der Waals surface area (Å²) in [6.45, 7) is 1.03. The molecule has 6 nitrogen and oxygen atoms in total. The Morgan fingerprint density at radius 2 is 2.56 bits per heavy atom. The number of rotatable bonds is 3. The molecule has 1 aromatic heterocycles. The monoisotopic (exact) mass is 224 g/mol. The lowest BCUT2D eigenvalue weighted by Gasteiger charge is -2.20. The summed E-state index contributed by atoms with van der Waals surface area (Å²) < 4.78 is 0. The van der Waals surface area contributed by atoms with Gasteiger partial charge < -0.3 is 15.3 Å². The number of carbonyl (C=O) groups excluding carboxylic acids is 1. The Morgan fingerprint density at radius 1 is 1.75 bits per heavy atom. The molecule has 88 valence electrons. The van der Waals surface area contributed by atoms with Gasteiger partial charge in [-0.05, 0) is 6.42 Å². The highest BCUT2D eigenvalue weighted by Gasteiger charge is 2.29. The molecular formula is C10H16N4O2. The summed E-state index contributed by atoms with van der Waals surface area (Å²) in [5.41, 5.74) is 0.967. The molecule has 16 heavy (non-hydrogen) atoms. The normalized spacial score (nSPS) is 24.6. The fraction of sp³-hybridized carbons (Fsp3) is 0.600. The van der Waals surface area contributed by atoms with Crippen LogP contribution in [0.25, 0.3) is 0 Å². The standard InChI is InChI=1S/C10H16N4O2/c1-14(6-7-3-12-13-4-7)10(16)9-2-8(15)5-11-9/h3-4,8-9,11,15H,2,5-6H2,1H3,(H,12,13). The minimum absolute atomic E-state index is 0.0118. The predicted molar refractivity (Wildman–Crippen MR) is 57.5 cm³/mol. The number of β-amino-alcohol motifs (C(OH)–C–C–N with tert-alkyl or cyclic N) is 1. The van der Waals surface area contributed by atoms with E-state index in [0.717, 1.165) is 5.56 Å². The van der Waals surface area contributed by atoms with E-state index in [4.69, 9.17) is 0 Å². The van der Waals surface area contributed by atoms with Crippen molar-refractivity contribution in [3.63, 3.8) is 0 Å². The molecule has 1 aliphatic rings. The highest BCUT2D eigenvalue weighted by atomic mass is 16.3. The number of hydrogen-bond donors (Lipinski definition) is 3. The van der Waals surface area contributed by atoms with Crippen LogP contribution in [0.5, 0.6) is 0 Å². The third kappa shape index (κ3) is 2.40. The van der Waals surface area contributed by atoms with Crippen molar-refractivity contribution in [3.8, 4) is 0 Å². The second kappa shape index (κ2) is 4.63. The first kappa shape index (κ1) is 11.1. The van der Waals surface area contributed by atoms with Crippen LogP contribution in [0.4, 0.5) is 0 Å². The van der Waals surface area contributed by atoms with Gasteiger partial charge in [0.05, 0.1) is 18.3 Å². The molecule has 0 aliphatic carbocycles. The second-order valence-corrected chi connectivity index (χ2v) is 4.15. The molecule has 1 amide bonds. The maximum absolute atomic E-state index is 11.9. The molecule has 1 saturated heterocycles. The lowest BCUT2D eigenvalue weighted by Crippen LogP contribution is -2.41. The van der Waals surface area contributed by atoms with Crippen molar-refractivity contribution < 1.29 is 9.90 Å². The van der Waals surface area contributed by atoms with Gasteiger partial charge in [0.25, 0.3) is 0 Å². The van der Waals surface area contributed by atoms with Crippen LogP contribution in [-0.4, -0.2) is 51.8 Å². The maximum atomic E-state index is 11.9. The Hall–Kier alpha value is -1.40. The van der Waals surface area contributed by atoms with E-state index in [-0.39, 0.29) is 11.9 Å². The average molecular weight is 224 g/mol. The number of aliphatic hydroxyl groups is 1. The minimum Gasteiger partial charge on any atom is -0.392 e. The highest BCUT2D eigenvalue weighted by molar-refractivity contribution is 5.82. The Morgan fingerprint density at radius 3 is 3.12 bits per heavy atom. The molecule has 0 radical (unpaired) electrons. The molecule has 0 saturated carbocycles. The summed E-state index contributed by atoms with van der Waals surface area (Å²) in [5.74, 6) is 0.0118. The first-order valence-electron chi connectivity index (χ1n) is 5.31. The second-order valence-electron chi connectivity index (χ2n) is 4.15. The molecule has 0 aromatic carbocycles. The van der Waals surface area contributed by atoms with Gasteiger partial charge in [0.1, 0.15) is 0 Å². The van der Waals surface area contributed by atoms with Crippen LogP contribution in [0.3, 0.4) is 0 Å². The summed E-state index contributed by atoms with van der Waals surface area (Å²) in [7, 11) is 1.75. The molecule has 1 aliphatic heterocycles. The van der Waals surface area contributed by atoms with Crippen molar-refractivity contribution in [1.82, 2.24) is 20.4 Å². The number of nitrogens with one attached hydrogen (secondary N) is 2. The fourth-order valence-electron chi connectivity index (χ4n) is 1.89. The van der Waals surface area contributed by atoms with Crippen molar-refractivity contribution in [2.24, 2.45) is 0 Å². The zero-order valence-corrected chi connectivity index (χ0v) is 9.18. The Labute approximate surface area is 93.6 Å². The first-order valence-corrected chi connectivity index (χ1v) is 5.31. The molecule has 2 unspecified atom stereocenters. The fourth-order valence-corrected chi connectivity index (χ4v) is 1.89. The molecule has 1 aromatic rings. The van der Waals surface area contributed by atoms with Crippen LogP contribution in [0.1, 0.15) is 12.0 Å². The summed E-state index contributed by atoms with van der Waals surface area (Å²) in [5, 5.41) is 18.9. The van der Waals surface area contributed by atoms with Crippen LogP contribution in [0.2, 0.25) is 0 Å². The molecule has 2 atom stereocenters. The zero-order valence-electron chi connectivity index (χ0n) is 9.18. The van der Waals surface area contributed by atoms with E-state index in [2.05, 4.69) is 15.5 Å². The number of aliphatic hydroxyl groups excluding tert-OH is 1. The van der Waals surface area contributed by atoms with Crippen molar-refractivity contribution in [3.05, 3.63) is 18.0 Å². The van der Waals surface area contributed by atoms with E-state index in [1.807, 2.05) is 0 Å². The number of likely N-dealkylation sites (N-methyl/N-ethyl adjacent to an activating group) is 1. The van der Waals surface area contributed by atoms with E-state index in [1.54, 1.807) is 24.3 Å². The number of aromatic nitrogens is 2. The van der Waals surface area contributed by atoms with Crippen LogP contribution >= 0.6 is 0 Å². The van der Waals surface area contributed by atoms with Crippen LogP contribution in [-0.2, 0) is 11.3 Å². The van der Waals surface area contributed by atoms with E-state index >= 15 is 0 Å². The number of aromatic amines is 1. The zero-order chi connectivity index (χ0) is 11.5. The highest BCUT2D eigenvalue weighted by Crippen LogP contribution is 2.10. The number of nitrogens with zero attached hydrogens (tertiary/aromatic N) is 2. The number of hydrogen-bond acceptors (Lipinski definition) is 4. The van der Waals surface area contributed by atoms with Gasteiger partial charge in [0.2, 0.25) is 5.91 Å². The van der Waals surface area contributed by atoms with E-state index in [1.165, 1.54) is 0 Å². The molecule has 0 bridgehead atoms. The Bertz CT molecular complexity index is 352. The smallest absolute Gasteiger partial charge is 0.239 e. The third-order valence-electron chi connectivity index (χ3n) is 2.76. The van der Waals surface area contributed by atoms with Gasteiger partial charge in [-0.15, -0.1) is 0 Å². The summed E-state index contributed by atoms with van der Waals surface area (Å²) in [6.07, 6.45) is 3.55. The van der Waals surface area contributed by atoms with Gasteiger partial charge in [-0.2, -0.15) is 5.10 Å². The number of carbonyl (C=O) groups is 1. The summed E-state index contributed by atoms with van der Waals surface area (Å²) in [4.78, 5) is 13.6. The summed E-state index contributed by atoms with van der Waals surface area (Å²) in [6, 6.07) is -0.257. The van der Waals surface area contributed by atoms with Crippen molar-refractivity contribution >= 4 is 5.91 Å². The third-order valence-corrected chi connectivity index (χ3v) is 2.76. The average Bonchev–Trinajstić information content (AvgIpc) is 2.88. The first-order chi connectivity index (χ1) is 7.66. The Kier molecular flexibility index (Phi) is 3.21. The largest absolute Gasteiger partial charge is 0.392 e. The van der Waals surface area contributed by atoms with Gasteiger partial charge in [-0.1, -0.05) is 0 Å². The van der Waals surface area contributed by atoms with E-state index < -0.39 is 6.10 Å². The topological polar surface area (TPSA) is 81.2 Å². The summed E-state index contributed by atoms with van der Waals surface area (Å²) >= 11 is 0. The van der Waals surface area contributed by atoms with Gasteiger partial charge in [0.15, 0.2) is 0 Å². The Balaban J connectivity index is 1.89. The molecule has 3 N–H and O–H groups in total. The lowest BCUT2D eigenvalue weighted by molar-refractivity contribution is -0.132. The van der Waals surface area contributed by atoms with Crippen LogP contribution < -0.4 is 5.32 Å². The van der Waals surface area contributed by atoms with E-state index in [9.17, 15) is 9.90 Å². The molecule has 6 heteroatoms. The molecule has 0 spiro atoms. The molecule has 2 heterocycles. The number of H-pyrrole nitrogens is 1. The van der Waals surface area contributed by atoms with Gasteiger partial charge in [-0.25, -0.2) is 0 Å². The number of amides is 1. The SMILES string of the molecule is CN(Cc1cn[nH]c1)C(=O)C1CC(O)CN1. The van der Waals surface area contributed by atoms with Crippen molar-refractivity contribution in [2.75, 3.05) is 13.6 Å². The molecule has 1 fully saturated rings. The van der Waals surface area contributed by atoms with Gasteiger partial charge in [-0.3, -0.25) is 9.89 Å². The van der Waals surface area contributed by atoms with Crippen LogP contribution in [0.15, 0.2) is 12.4 Å². The van der Waals surface area contributed by atoms with Crippen LogP contribution in [0, 0.1) is 0 Å². The van der Waals surface area contributed by atoms with Crippen molar-refractivity contribution in [2.45, 2.75) is 25.1 Å². The van der Waals surface area contributed by atoms with E-state index in [0.29, 0.717) is 19.5 Å². The van der Waals surface area contributed by atoms with Gasteiger partial charge in [0, 0.05) is 31.9 Å². The minimum atomic E-state index is -0.406. The molecular weight excluding hydrogens is 208 g/mol. The maximum Gasteiger partial charge on any atom is 0.239 e. The lowest BCUT2D eigenvalue weighted by atomic mass is 10.2. The van der Waals surface area contributed by atoms with Crippen molar-refractivity contribution in [1.29, 1.82) is 0 Å².